The van der Waals surface area contributed by atoms with Crippen molar-refractivity contribution in [2.45, 2.75) is 51.2 Å². The number of aryl methyl sites for hydroxylation is 1. The largest absolute Gasteiger partial charge is 0.351 e. The van der Waals surface area contributed by atoms with E-state index in [1.807, 2.05) is 11.5 Å². The summed E-state index contributed by atoms with van der Waals surface area (Å²) >= 11 is 0. The van der Waals surface area contributed by atoms with E-state index in [0.717, 1.165) is 43.6 Å². The third-order valence-electron chi connectivity index (χ3n) is 5.27. The van der Waals surface area contributed by atoms with E-state index < -0.39 is 8.38 Å². The summed E-state index contributed by atoms with van der Waals surface area (Å²) in [5.41, 5.74) is 8.26. The van der Waals surface area contributed by atoms with Gasteiger partial charge in [0.2, 0.25) is 5.95 Å². The zero-order chi connectivity index (χ0) is 20.4. The molecule has 4 rings (SSSR count). The fraction of sp³-hybridized carbons (Fsp3) is 0.421. The second kappa shape index (κ2) is 8.59. The third kappa shape index (κ3) is 4.48. The molecule has 0 aliphatic heterocycles. The van der Waals surface area contributed by atoms with Crippen molar-refractivity contribution in [2.24, 2.45) is 5.73 Å². The van der Waals surface area contributed by atoms with Crippen LogP contribution in [-0.2, 0) is 6.54 Å². The van der Waals surface area contributed by atoms with Gasteiger partial charge < -0.3 is 30.7 Å². The lowest BCUT2D eigenvalue weighted by atomic mass is 9.92. The Morgan fingerprint density at radius 3 is 2.52 bits per heavy atom. The van der Waals surface area contributed by atoms with Crippen molar-refractivity contribution in [2.75, 3.05) is 10.6 Å². The van der Waals surface area contributed by atoms with Crippen LogP contribution in [0.3, 0.4) is 0 Å². The Labute approximate surface area is 170 Å². The van der Waals surface area contributed by atoms with Crippen molar-refractivity contribution in [3.05, 3.63) is 30.6 Å². The Kier molecular flexibility index (Phi) is 5.91. The van der Waals surface area contributed by atoms with Crippen molar-refractivity contribution < 1.29 is 9.79 Å². The molecule has 1 aliphatic rings. The fourth-order valence-corrected chi connectivity index (χ4v) is 4.00. The molecule has 29 heavy (non-hydrogen) atoms. The third-order valence-corrected chi connectivity index (χ3v) is 6.03. The molecular weight excluding hydrogens is 389 g/mol. The van der Waals surface area contributed by atoms with E-state index >= 15 is 0 Å². The molecule has 3 aromatic rings. The number of nitrogens with zero attached hydrogens (tertiary/aromatic N) is 4. The first-order valence-electron chi connectivity index (χ1n) is 9.83. The average molecular weight is 415 g/mol. The van der Waals surface area contributed by atoms with Crippen LogP contribution >= 0.6 is 8.38 Å². The van der Waals surface area contributed by atoms with Gasteiger partial charge in [-0.25, -0.2) is 4.98 Å². The van der Waals surface area contributed by atoms with E-state index in [2.05, 4.69) is 20.6 Å². The van der Waals surface area contributed by atoms with Crippen molar-refractivity contribution in [3.63, 3.8) is 0 Å². The van der Waals surface area contributed by atoms with Crippen molar-refractivity contribution >= 4 is 42.3 Å². The number of hydrogen-bond acceptors (Lipinski definition) is 8. The van der Waals surface area contributed by atoms with Crippen LogP contribution in [0.25, 0.3) is 11.2 Å². The van der Waals surface area contributed by atoms with Crippen LogP contribution in [0, 0.1) is 0 Å². The van der Waals surface area contributed by atoms with Crippen LogP contribution in [0.4, 0.5) is 17.5 Å². The zero-order valence-corrected chi connectivity index (χ0v) is 17.2. The quantitative estimate of drug-likeness (QED) is 0.387. The molecule has 0 saturated heterocycles. The first kappa shape index (κ1) is 20.0. The zero-order valence-electron chi connectivity index (χ0n) is 16.3. The Balaban J connectivity index is 1.63. The first-order chi connectivity index (χ1) is 14.0. The van der Waals surface area contributed by atoms with E-state index in [-0.39, 0.29) is 6.04 Å². The van der Waals surface area contributed by atoms with Crippen LogP contribution in [0.1, 0.15) is 32.6 Å². The summed E-state index contributed by atoms with van der Waals surface area (Å²) in [6.07, 6.45) is 5.78. The van der Waals surface area contributed by atoms with Gasteiger partial charge >= 0.3 is 0 Å². The SMILES string of the molecule is CCn1cnc2c(Nc3ccc(P(O)O)cc3)nc(NC3CCC(N)CC3)nc21. The average Bonchev–Trinajstić information content (AvgIpc) is 3.13. The van der Waals surface area contributed by atoms with Gasteiger partial charge in [-0.05, 0) is 56.9 Å². The van der Waals surface area contributed by atoms with Crippen molar-refractivity contribution in [1.82, 2.24) is 19.5 Å². The number of nitrogens with two attached hydrogens (primary N) is 1. The minimum absolute atomic E-state index is 0.289. The lowest BCUT2D eigenvalue weighted by Gasteiger charge is -2.26. The first-order valence-corrected chi connectivity index (χ1v) is 11.1. The predicted molar refractivity (Wildman–Crippen MR) is 116 cm³/mol. The molecule has 1 aliphatic carbocycles. The number of hydrogen-bond donors (Lipinski definition) is 5. The number of fused-ring (bicyclic) bond motifs is 1. The van der Waals surface area contributed by atoms with Gasteiger partial charge in [0, 0.05) is 29.6 Å². The smallest absolute Gasteiger partial charge is 0.227 e. The van der Waals surface area contributed by atoms with Crippen LogP contribution in [0.2, 0.25) is 0 Å². The highest BCUT2D eigenvalue weighted by Gasteiger charge is 2.20. The summed E-state index contributed by atoms with van der Waals surface area (Å²) in [6, 6.07) is 7.54. The summed E-state index contributed by atoms with van der Waals surface area (Å²) in [5.74, 6) is 1.18. The summed E-state index contributed by atoms with van der Waals surface area (Å²) < 4.78 is 1.98. The molecule has 0 atom stereocenters. The van der Waals surface area contributed by atoms with Crippen molar-refractivity contribution in [3.8, 4) is 0 Å². The molecule has 0 amide bonds. The lowest BCUT2D eigenvalue weighted by Crippen LogP contribution is -2.33. The van der Waals surface area contributed by atoms with Crippen LogP contribution in [0.15, 0.2) is 30.6 Å². The van der Waals surface area contributed by atoms with E-state index in [1.165, 1.54) is 0 Å². The fourth-order valence-electron chi connectivity index (χ4n) is 3.59. The second-order valence-electron chi connectivity index (χ2n) is 7.32. The molecule has 0 unspecified atom stereocenters. The number of nitrogens with one attached hydrogen (secondary N) is 2. The standard InChI is InChI=1S/C19H26N7O2P/c1-2-26-11-21-16-17(22-13-7-9-15(10-8-13)29(27)28)24-19(25-18(16)26)23-14-5-3-12(20)4-6-14/h7-12,14,27-28H,2-6,20H2,1H3,(H2,22,23,24,25). The summed E-state index contributed by atoms with van der Waals surface area (Å²) in [5, 5.41) is 7.25. The van der Waals surface area contributed by atoms with Gasteiger partial charge in [0.05, 0.1) is 6.33 Å². The Hall–Kier alpha value is -2.32. The minimum Gasteiger partial charge on any atom is -0.351 e. The highest BCUT2D eigenvalue weighted by atomic mass is 31.2. The van der Waals surface area contributed by atoms with Gasteiger partial charge in [-0.1, -0.05) is 0 Å². The van der Waals surface area contributed by atoms with Gasteiger partial charge in [-0.15, -0.1) is 0 Å². The maximum atomic E-state index is 9.33. The number of rotatable bonds is 6. The number of benzene rings is 1. The Morgan fingerprint density at radius 2 is 1.86 bits per heavy atom. The highest BCUT2D eigenvalue weighted by Crippen LogP contribution is 2.27. The van der Waals surface area contributed by atoms with Gasteiger partial charge in [0.1, 0.15) is 0 Å². The van der Waals surface area contributed by atoms with E-state index in [0.29, 0.717) is 28.6 Å². The minimum atomic E-state index is -2.10. The van der Waals surface area contributed by atoms with E-state index in [1.54, 1.807) is 30.6 Å². The maximum absolute atomic E-state index is 9.33. The summed E-state index contributed by atoms with van der Waals surface area (Å²) in [6.45, 7) is 2.81. The van der Waals surface area contributed by atoms with Gasteiger partial charge in [0.25, 0.3) is 0 Å². The molecule has 1 aromatic carbocycles. The molecular formula is C19H26N7O2P. The number of anilines is 3. The van der Waals surface area contributed by atoms with E-state index in [4.69, 9.17) is 10.7 Å². The molecule has 6 N–H and O–H groups in total. The molecule has 1 fully saturated rings. The number of aromatic nitrogens is 4. The lowest BCUT2D eigenvalue weighted by molar-refractivity contribution is 0.410. The van der Waals surface area contributed by atoms with Crippen LogP contribution in [0.5, 0.6) is 0 Å². The monoisotopic (exact) mass is 415 g/mol. The van der Waals surface area contributed by atoms with Crippen LogP contribution in [-0.4, -0.2) is 41.4 Å². The summed E-state index contributed by atoms with van der Waals surface area (Å²) in [4.78, 5) is 32.5. The molecule has 2 heterocycles. The topological polar surface area (TPSA) is 134 Å². The summed E-state index contributed by atoms with van der Waals surface area (Å²) in [7, 11) is -2.10. The van der Waals surface area contributed by atoms with Gasteiger partial charge in [0.15, 0.2) is 25.4 Å². The highest BCUT2D eigenvalue weighted by molar-refractivity contribution is 7.54. The molecule has 9 nitrogen and oxygen atoms in total. The second-order valence-corrected chi connectivity index (χ2v) is 8.41. The van der Waals surface area contributed by atoms with Crippen molar-refractivity contribution in [1.29, 1.82) is 0 Å². The number of imidazole rings is 1. The maximum Gasteiger partial charge on any atom is 0.227 e. The molecule has 10 heteroatoms. The molecule has 1 saturated carbocycles. The molecule has 0 spiro atoms. The van der Waals surface area contributed by atoms with E-state index in [9.17, 15) is 9.79 Å². The normalized spacial score (nSPS) is 19.6. The van der Waals surface area contributed by atoms with Crippen LogP contribution < -0.4 is 21.7 Å². The molecule has 2 aromatic heterocycles. The predicted octanol–water partition coefficient (Wildman–Crippen LogP) is 2.19. The molecule has 0 radical (unpaired) electrons. The molecule has 154 valence electrons. The Morgan fingerprint density at radius 1 is 1.14 bits per heavy atom. The Bertz CT molecular complexity index is 969. The molecule has 0 bridgehead atoms. The van der Waals surface area contributed by atoms with Gasteiger partial charge in [-0.3, -0.25) is 0 Å². The van der Waals surface area contributed by atoms with Gasteiger partial charge in [-0.2, -0.15) is 9.97 Å².